The van der Waals surface area contributed by atoms with Crippen LogP contribution in [-0.2, 0) is 14.6 Å². The van der Waals surface area contributed by atoms with Gasteiger partial charge < -0.3 is 9.73 Å². The molecule has 1 aromatic heterocycles. The molecular weight excluding hydrogens is 411 g/mol. The molecule has 6 nitrogen and oxygen atoms in total. The summed E-state index contributed by atoms with van der Waals surface area (Å²) in [4.78, 5) is 12.2. The zero-order valence-corrected chi connectivity index (χ0v) is 16.2. The Morgan fingerprint density at radius 3 is 2.74 bits per heavy atom. The van der Waals surface area contributed by atoms with E-state index in [2.05, 4.69) is 5.32 Å². The van der Waals surface area contributed by atoms with Gasteiger partial charge in [-0.15, -0.1) is 0 Å². The molecule has 1 unspecified atom stereocenters. The highest BCUT2D eigenvalue weighted by Gasteiger charge is 2.29. The average molecular weight is 425 g/mol. The Balaban J connectivity index is 1.79. The van der Waals surface area contributed by atoms with Gasteiger partial charge >= 0.3 is 0 Å². The van der Waals surface area contributed by atoms with E-state index in [4.69, 9.17) is 27.6 Å². The second-order valence-corrected chi connectivity index (χ2v) is 9.06. The van der Waals surface area contributed by atoms with E-state index < -0.39 is 21.8 Å². The number of amides is 1. The quantitative estimate of drug-likeness (QED) is 0.597. The summed E-state index contributed by atoms with van der Waals surface area (Å²) in [5.74, 6) is -0.000336. The van der Waals surface area contributed by atoms with Crippen LogP contribution >= 0.6 is 23.2 Å². The highest BCUT2D eigenvalue weighted by Crippen LogP contribution is 2.34. The van der Waals surface area contributed by atoms with Gasteiger partial charge in [-0.1, -0.05) is 29.3 Å². The van der Waals surface area contributed by atoms with Crippen LogP contribution in [0, 0.1) is 11.3 Å². The normalized spacial score (nSPS) is 18.9. The van der Waals surface area contributed by atoms with E-state index in [1.165, 1.54) is 6.08 Å². The molecule has 1 atom stereocenters. The number of rotatable bonds is 4. The Bertz CT molecular complexity index is 1070. The van der Waals surface area contributed by atoms with Gasteiger partial charge in [-0.25, -0.2) is 8.42 Å². The number of sulfone groups is 1. The molecule has 1 aliphatic heterocycles. The molecule has 0 saturated carbocycles. The number of hydrogen-bond acceptors (Lipinski definition) is 5. The van der Waals surface area contributed by atoms with Crippen LogP contribution in [-0.4, -0.2) is 31.9 Å². The van der Waals surface area contributed by atoms with Crippen molar-refractivity contribution in [3.05, 3.63) is 51.7 Å². The van der Waals surface area contributed by atoms with Crippen LogP contribution in [0.2, 0.25) is 10.0 Å². The third-order valence-corrected chi connectivity index (χ3v) is 6.65. The van der Waals surface area contributed by atoms with Crippen molar-refractivity contribution in [2.75, 3.05) is 11.5 Å². The SMILES string of the molecule is N#C/C(=C\c1ccc(-c2cccc(Cl)c2Cl)o1)C(=O)NC1CCS(=O)(=O)C1. The lowest BCUT2D eigenvalue weighted by molar-refractivity contribution is -0.117. The number of carbonyl (C=O) groups is 1. The van der Waals surface area contributed by atoms with Crippen molar-refractivity contribution in [1.82, 2.24) is 5.32 Å². The molecule has 140 valence electrons. The molecule has 27 heavy (non-hydrogen) atoms. The lowest BCUT2D eigenvalue weighted by Crippen LogP contribution is -2.36. The molecule has 0 bridgehead atoms. The van der Waals surface area contributed by atoms with E-state index >= 15 is 0 Å². The molecule has 1 N–H and O–H groups in total. The second kappa shape index (κ2) is 7.77. The largest absolute Gasteiger partial charge is 0.457 e. The summed E-state index contributed by atoms with van der Waals surface area (Å²) in [6, 6.07) is 9.68. The summed E-state index contributed by atoms with van der Waals surface area (Å²) in [7, 11) is -3.13. The predicted molar refractivity (Wildman–Crippen MR) is 103 cm³/mol. The molecule has 1 amide bonds. The van der Waals surface area contributed by atoms with E-state index in [1.807, 2.05) is 0 Å². The maximum atomic E-state index is 12.2. The van der Waals surface area contributed by atoms with Gasteiger partial charge in [-0.2, -0.15) is 5.26 Å². The van der Waals surface area contributed by atoms with E-state index in [9.17, 15) is 18.5 Å². The summed E-state index contributed by atoms with van der Waals surface area (Å²) in [6.07, 6.45) is 1.63. The predicted octanol–water partition coefficient (Wildman–Crippen LogP) is 3.46. The van der Waals surface area contributed by atoms with Crippen molar-refractivity contribution in [3.63, 3.8) is 0 Å². The monoisotopic (exact) mass is 424 g/mol. The molecular formula is C18H14Cl2N2O4S. The Hall–Kier alpha value is -2.27. The fourth-order valence-electron chi connectivity index (χ4n) is 2.73. The molecule has 2 heterocycles. The first kappa shape index (κ1) is 19.5. The molecule has 1 aliphatic rings. The first-order valence-corrected chi connectivity index (χ1v) is 10.5. The van der Waals surface area contributed by atoms with Crippen molar-refractivity contribution < 1.29 is 17.6 Å². The van der Waals surface area contributed by atoms with Gasteiger partial charge in [-0.05, 0) is 30.7 Å². The molecule has 1 saturated heterocycles. The van der Waals surface area contributed by atoms with Crippen LogP contribution in [0.4, 0.5) is 0 Å². The molecule has 0 aliphatic carbocycles. The number of halogens is 2. The standard InChI is InChI=1S/C18H14Cl2N2O4S/c19-15-3-1-2-14(17(15)20)16-5-4-13(26-16)8-11(9-21)18(23)22-12-6-7-27(24,25)10-12/h1-5,8,12H,6-7,10H2,(H,22,23)/b11-8+. The van der Waals surface area contributed by atoms with Gasteiger partial charge in [0, 0.05) is 17.7 Å². The van der Waals surface area contributed by atoms with Gasteiger partial charge in [0.2, 0.25) is 0 Å². The van der Waals surface area contributed by atoms with Crippen molar-refractivity contribution in [2.45, 2.75) is 12.5 Å². The zero-order valence-electron chi connectivity index (χ0n) is 13.9. The summed E-state index contributed by atoms with van der Waals surface area (Å²) in [5, 5.41) is 12.6. The van der Waals surface area contributed by atoms with Crippen LogP contribution in [0.5, 0.6) is 0 Å². The maximum Gasteiger partial charge on any atom is 0.262 e. The molecule has 1 aromatic carbocycles. The number of benzene rings is 1. The number of nitrogens with zero attached hydrogens (tertiary/aromatic N) is 1. The van der Waals surface area contributed by atoms with E-state index in [0.29, 0.717) is 27.8 Å². The minimum absolute atomic E-state index is 0.0332. The average Bonchev–Trinajstić information content (AvgIpc) is 3.21. The summed E-state index contributed by atoms with van der Waals surface area (Å²) in [5.41, 5.74) is 0.403. The molecule has 3 rings (SSSR count). The van der Waals surface area contributed by atoms with Gasteiger partial charge in [0.15, 0.2) is 9.84 Å². The fraction of sp³-hybridized carbons (Fsp3) is 0.222. The van der Waals surface area contributed by atoms with Crippen LogP contribution < -0.4 is 5.32 Å². The highest BCUT2D eigenvalue weighted by molar-refractivity contribution is 7.91. The van der Waals surface area contributed by atoms with Crippen LogP contribution in [0.15, 0.2) is 40.3 Å². The van der Waals surface area contributed by atoms with E-state index in [1.54, 1.807) is 36.4 Å². The summed E-state index contributed by atoms with van der Waals surface area (Å²) >= 11 is 12.2. The van der Waals surface area contributed by atoms with Crippen LogP contribution in [0.3, 0.4) is 0 Å². The lowest BCUT2D eigenvalue weighted by atomic mass is 10.2. The zero-order chi connectivity index (χ0) is 19.6. The topological polar surface area (TPSA) is 100 Å². The Labute approximate surface area is 166 Å². The Kier molecular flexibility index (Phi) is 5.61. The third kappa shape index (κ3) is 4.53. The number of hydrogen-bond donors (Lipinski definition) is 1. The lowest BCUT2D eigenvalue weighted by Gasteiger charge is -2.09. The van der Waals surface area contributed by atoms with Gasteiger partial charge in [-0.3, -0.25) is 4.79 Å². The molecule has 1 fully saturated rings. The number of nitriles is 1. The Morgan fingerprint density at radius 1 is 1.30 bits per heavy atom. The second-order valence-electron chi connectivity index (χ2n) is 6.05. The third-order valence-electron chi connectivity index (χ3n) is 4.06. The maximum absolute atomic E-state index is 12.2. The minimum atomic E-state index is -3.13. The van der Waals surface area contributed by atoms with Crippen molar-refractivity contribution in [1.29, 1.82) is 5.26 Å². The van der Waals surface area contributed by atoms with Crippen molar-refractivity contribution in [3.8, 4) is 17.4 Å². The first-order valence-electron chi connectivity index (χ1n) is 7.96. The molecule has 0 radical (unpaired) electrons. The highest BCUT2D eigenvalue weighted by atomic mass is 35.5. The summed E-state index contributed by atoms with van der Waals surface area (Å²) < 4.78 is 28.6. The molecule has 2 aromatic rings. The Morgan fingerprint density at radius 2 is 2.07 bits per heavy atom. The smallest absolute Gasteiger partial charge is 0.262 e. The minimum Gasteiger partial charge on any atom is -0.457 e. The van der Waals surface area contributed by atoms with Crippen LogP contribution in [0.25, 0.3) is 17.4 Å². The number of furan rings is 1. The summed E-state index contributed by atoms with van der Waals surface area (Å²) in [6.45, 7) is 0. The molecule has 9 heteroatoms. The van der Waals surface area contributed by atoms with E-state index in [0.717, 1.165) is 0 Å². The fourth-order valence-corrected chi connectivity index (χ4v) is 4.80. The van der Waals surface area contributed by atoms with Gasteiger partial charge in [0.1, 0.15) is 23.2 Å². The number of carbonyl (C=O) groups excluding carboxylic acids is 1. The molecule has 0 spiro atoms. The first-order chi connectivity index (χ1) is 12.8. The van der Waals surface area contributed by atoms with Crippen molar-refractivity contribution >= 4 is 45.0 Å². The van der Waals surface area contributed by atoms with Crippen molar-refractivity contribution in [2.24, 2.45) is 0 Å². The van der Waals surface area contributed by atoms with Gasteiger partial charge in [0.25, 0.3) is 5.91 Å². The van der Waals surface area contributed by atoms with Gasteiger partial charge in [0.05, 0.1) is 21.6 Å². The number of nitrogens with one attached hydrogen (secondary N) is 1. The van der Waals surface area contributed by atoms with E-state index in [-0.39, 0.29) is 22.8 Å². The van der Waals surface area contributed by atoms with Crippen LogP contribution in [0.1, 0.15) is 12.2 Å².